The third-order valence-corrected chi connectivity index (χ3v) is 2.89. The van der Waals surface area contributed by atoms with Gasteiger partial charge in [-0.3, -0.25) is 0 Å². The van der Waals surface area contributed by atoms with Gasteiger partial charge in [0.2, 0.25) is 0 Å². The summed E-state index contributed by atoms with van der Waals surface area (Å²) >= 11 is 5.80. The number of hydrogen-bond donors (Lipinski definition) is 1. The largest absolute Gasteiger partial charge is 0.487 e. The molecule has 0 aliphatic rings. The van der Waals surface area contributed by atoms with E-state index in [9.17, 15) is 4.39 Å². The topological polar surface area (TPSA) is 35.2 Å². The van der Waals surface area contributed by atoms with Gasteiger partial charge >= 0.3 is 0 Å². The van der Waals surface area contributed by atoms with E-state index in [1.807, 2.05) is 6.92 Å². The van der Waals surface area contributed by atoms with Crippen LogP contribution in [0, 0.1) is 12.7 Å². The molecule has 0 saturated heterocycles. The fourth-order valence-corrected chi connectivity index (χ4v) is 1.81. The lowest BCUT2D eigenvalue weighted by atomic mass is 10.1. The van der Waals surface area contributed by atoms with Gasteiger partial charge in [-0.25, -0.2) is 4.39 Å². The second-order valence-electron chi connectivity index (χ2n) is 4.04. The zero-order chi connectivity index (χ0) is 13.1. The van der Waals surface area contributed by atoms with Crippen LogP contribution in [0.1, 0.15) is 11.1 Å². The molecule has 0 radical (unpaired) electrons. The molecule has 0 aromatic heterocycles. The molecular formula is C14H13ClFNO. The molecule has 0 saturated carbocycles. The molecule has 2 aromatic rings. The molecule has 2 rings (SSSR count). The fourth-order valence-electron chi connectivity index (χ4n) is 1.63. The van der Waals surface area contributed by atoms with Crippen LogP contribution in [0.4, 0.5) is 10.1 Å². The van der Waals surface area contributed by atoms with Crippen LogP contribution in [-0.2, 0) is 6.61 Å². The summed E-state index contributed by atoms with van der Waals surface area (Å²) in [7, 11) is 0. The normalized spacial score (nSPS) is 10.4. The molecule has 0 atom stereocenters. The van der Waals surface area contributed by atoms with Gasteiger partial charge in [0.1, 0.15) is 18.2 Å². The van der Waals surface area contributed by atoms with Gasteiger partial charge in [-0.2, -0.15) is 0 Å². The van der Waals surface area contributed by atoms with Crippen LogP contribution >= 0.6 is 11.6 Å². The van der Waals surface area contributed by atoms with Crippen molar-refractivity contribution in [2.75, 3.05) is 5.73 Å². The van der Waals surface area contributed by atoms with E-state index in [1.165, 1.54) is 12.1 Å². The predicted molar refractivity (Wildman–Crippen MR) is 71.3 cm³/mol. The van der Waals surface area contributed by atoms with E-state index in [-0.39, 0.29) is 5.82 Å². The first-order chi connectivity index (χ1) is 8.56. The number of halogens is 2. The third kappa shape index (κ3) is 2.93. The highest BCUT2D eigenvalue weighted by atomic mass is 35.5. The Morgan fingerprint density at radius 3 is 2.67 bits per heavy atom. The first kappa shape index (κ1) is 12.7. The van der Waals surface area contributed by atoms with Crippen LogP contribution in [0.2, 0.25) is 5.02 Å². The molecule has 0 spiro atoms. The van der Waals surface area contributed by atoms with Crippen LogP contribution in [0.15, 0.2) is 36.4 Å². The van der Waals surface area contributed by atoms with Crippen molar-refractivity contribution in [3.05, 3.63) is 58.4 Å². The highest BCUT2D eigenvalue weighted by molar-refractivity contribution is 6.30. The number of benzene rings is 2. The summed E-state index contributed by atoms with van der Waals surface area (Å²) in [6.07, 6.45) is 0. The summed E-state index contributed by atoms with van der Waals surface area (Å²) in [4.78, 5) is 0. The van der Waals surface area contributed by atoms with Crippen LogP contribution in [0.3, 0.4) is 0 Å². The molecule has 0 aliphatic heterocycles. The summed E-state index contributed by atoms with van der Waals surface area (Å²) in [6.45, 7) is 2.19. The second kappa shape index (κ2) is 5.27. The highest BCUT2D eigenvalue weighted by Crippen LogP contribution is 2.26. The molecule has 4 heteroatoms. The standard InChI is InChI=1S/C14H13ClFNO/c1-9-6-12(16)4-2-10(9)8-18-14-5-3-11(15)7-13(14)17/h2-7H,8,17H2,1H3. The summed E-state index contributed by atoms with van der Waals surface area (Å²) in [5, 5.41) is 0.567. The van der Waals surface area contributed by atoms with Crippen LogP contribution in [-0.4, -0.2) is 0 Å². The number of hydrogen-bond acceptors (Lipinski definition) is 2. The van der Waals surface area contributed by atoms with Gasteiger partial charge in [0.05, 0.1) is 5.69 Å². The number of ether oxygens (including phenoxy) is 1. The van der Waals surface area contributed by atoms with E-state index in [1.54, 1.807) is 24.3 Å². The minimum atomic E-state index is -0.248. The van der Waals surface area contributed by atoms with Gasteiger partial charge < -0.3 is 10.5 Å². The molecule has 0 unspecified atom stereocenters. The molecular weight excluding hydrogens is 253 g/mol. The first-order valence-corrected chi connectivity index (χ1v) is 5.87. The Balaban J connectivity index is 2.11. The van der Waals surface area contributed by atoms with E-state index in [4.69, 9.17) is 22.1 Å². The van der Waals surface area contributed by atoms with Crippen LogP contribution in [0.5, 0.6) is 5.75 Å². The molecule has 0 amide bonds. The lowest BCUT2D eigenvalue weighted by Crippen LogP contribution is -2.00. The maximum absolute atomic E-state index is 12.9. The molecule has 2 N–H and O–H groups in total. The van der Waals surface area contributed by atoms with Crippen LogP contribution < -0.4 is 10.5 Å². The Morgan fingerprint density at radius 1 is 1.22 bits per heavy atom. The number of nitrogen functional groups attached to an aromatic ring is 1. The van der Waals surface area contributed by atoms with Crippen molar-refractivity contribution in [1.29, 1.82) is 0 Å². The molecule has 0 fully saturated rings. The van der Waals surface area contributed by atoms with Gasteiger partial charge in [0.15, 0.2) is 0 Å². The number of nitrogens with two attached hydrogens (primary N) is 1. The Hall–Kier alpha value is -1.74. The smallest absolute Gasteiger partial charge is 0.142 e. The molecule has 2 aromatic carbocycles. The summed E-state index contributed by atoms with van der Waals surface area (Å²) in [5.74, 6) is 0.324. The number of rotatable bonds is 3. The van der Waals surface area contributed by atoms with Crippen molar-refractivity contribution in [3.8, 4) is 5.75 Å². The van der Waals surface area contributed by atoms with E-state index in [0.717, 1.165) is 11.1 Å². The van der Waals surface area contributed by atoms with E-state index >= 15 is 0 Å². The molecule has 0 aliphatic carbocycles. The van der Waals surface area contributed by atoms with E-state index in [2.05, 4.69) is 0 Å². The molecule has 0 heterocycles. The maximum atomic E-state index is 12.9. The minimum Gasteiger partial charge on any atom is -0.487 e. The first-order valence-electron chi connectivity index (χ1n) is 5.49. The third-order valence-electron chi connectivity index (χ3n) is 2.66. The van der Waals surface area contributed by atoms with Crippen molar-refractivity contribution in [3.63, 3.8) is 0 Å². The lowest BCUT2D eigenvalue weighted by molar-refractivity contribution is 0.307. The SMILES string of the molecule is Cc1cc(F)ccc1COc1ccc(Cl)cc1N. The number of aryl methyl sites for hydroxylation is 1. The van der Waals surface area contributed by atoms with Gasteiger partial charge in [0, 0.05) is 5.02 Å². The quantitative estimate of drug-likeness (QED) is 0.853. The van der Waals surface area contributed by atoms with Crippen molar-refractivity contribution in [2.45, 2.75) is 13.5 Å². The van der Waals surface area contributed by atoms with Gasteiger partial charge in [0.25, 0.3) is 0 Å². The van der Waals surface area contributed by atoms with Gasteiger partial charge in [-0.1, -0.05) is 17.7 Å². The Morgan fingerprint density at radius 2 is 2.00 bits per heavy atom. The summed E-state index contributed by atoms with van der Waals surface area (Å²) in [5.41, 5.74) is 8.04. The van der Waals surface area contributed by atoms with Crippen molar-refractivity contribution in [2.24, 2.45) is 0 Å². The van der Waals surface area contributed by atoms with Crippen molar-refractivity contribution < 1.29 is 9.13 Å². The summed E-state index contributed by atoms with van der Waals surface area (Å²) < 4.78 is 18.5. The summed E-state index contributed by atoms with van der Waals surface area (Å²) in [6, 6.07) is 9.66. The van der Waals surface area contributed by atoms with Crippen LogP contribution in [0.25, 0.3) is 0 Å². The highest BCUT2D eigenvalue weighted by Gasteiger charge is 2.04. The monoisotopic (exact) mass is 265 g/mol. The Bertz CT molecular complexity index is 520. The maximum Gasteiger partial charge on any atom is 0.142 e. The number of anilines is 1. The zero-order valence-electron chi connectivity index (χ0n) is 9.91. The fraction of sp³-hybridized carbons (Fsp3) is 0.143. The average molecular weight is 266 g/mol. The Kier molecular flexibility index (Phi) is 3.72. The lowest BCUT2D eigenvalue weighted by Gasteiger charge is -2.10. The van der Waals surface area contributed by atoms with E-state index in [0.29, 0.717) is 23.1 Å². The predicted octanol–water partition coefficient (Wildman–Crippen LogP) is 3.95. The molecule has 94 valence electrons. The Labute approximate surface area is 110 Å². The molecule has 2 nitrogen and oxygen atoms in total. The minimum absolute atomic E-state index is 0.248. The van der Waals surface area contributed by atoms with Crippen molar-refractivity contribution in [1.82, 2.24) is 0 Å². The molecule has 18 heavy (non-hydrogen) atoms. The molecule has 0 bridgehead atoms. The van der Waals surface area contributed by atoms with Gasteiger partial charge in [-0.15, -0.1) is 0 Å². The van der Waals surface area contributed by atoms with E-state index < -0.39 is 0 Å². The zero-order valence-corrected chi connectivity index (χ0v) is 10.7. The van der Waals surface area contributed by atoms with Crippen molar-refractivity contribution >= 4 is 17.3 Å². The second-order valence-corrected chi connectivity index (χ2v) is 4.48. The average Bonchev–Trinajstić information content (AvgIpc) is 2.30. The van der Waals surface area contributed by atoms with Gasteiger partial charge in [-0.05, 0) is 48.4 Å².